The van der Waals surface area contributed by atoms with E-state index in [1.54, 1.807) is 0 Å². The molecule has 2 aliphatic rings. The largest absolute Gasteiger partial charge is 0.289 e. The van der Waals surface area contributed by atoms with Crippen molar-refractivity contribution in [3.63, 3.8) is 0 Å². The van der Waals surface area contributed by atoms with Gasteiger partial charge in [-0.25, -0.2) is 0 Å². The maximum atomic E-state index is 13.6. The van der Waals surface area contributed by atoms with Gasteiger partial charge in [0.1, 0.15) is 0 Å². The first kappa shape index (κ1) is 20.8. The summed E-state index contributed by atoms with van der Waals surface area (Å²) in [4.78, 5) is 27.2. The van der Waals surface area contributed by atoms with Crippen molar-refractivity contribution in [2.24, 2.45) is 0 Å². The molecule has 0 radical (unpaired) electrons. The van der Waals surface area contributed by atoms with Crippen molar-refractivity contribution in [3.8, 4) is 0 Å². The van der Waals surface area contributed by atoms with Gasteiger partial charge in [-0.2, -0.15) is 0 Å². The lowest BCUT2D eigenvalue weighted by Gasteiger charge is -2.38. The number of benzene rings is 4. The van der Waals surface area contributed by atoms with E-state index in [2.05, 4.69) is 62.4 Å². The summed E-state index contributed by atoms with van der Waals surface area (Å²) >= 11 is 0. The molecule has 6 rings (SSSR count). The van der Waals surface area contributed by atoms with Crippen LogP contribution in [0.1, 0.15) is 90.9 Å². The van der Waals surface area contributed by atoms with Crippen molar-refractivity contribution in [1.82, 2.24) is 0 Å². The molecular weight excluding hydrogens is 416 g/mol. The van der Waals surface area contributed by atoms with Gasteiger partial charge in [0.2, 0.25) is 0 Å². The molecule has 4 aromatic rings. The molecule has 0 spiro atoms. The van der Waals surface area contributed by atoms with Crippen LogP contribution in [-0.2, 0) is 12.8 Å². The lowest BCUT2D eigenvalue weighted by Crippen LogP contribution is -2.29. The number of fused-ring (bicyclic) bond motifs is 4. The molecule has 4 aromatic carbocycles. The van der Waals surface area contributed by atoms with Gasteiger partial charge in [0, 0.05) is 34.1 Å². The molecule has 34 heavy (non-hydrogen) atoms. The fraction of sp³-hybridized carbons (Fsp3) is 0.188. The summed E-state index contributed by atoms with van der Waals surface area (Å²) in [5.41, 5.74) is 9.67. The molecule has 0 N–H and O–H groups in total. The van der Waals surface area contributed by atoms with Crippen LogP contribution < -0.4 is 0 Å². The van der Waals surface area contributed by atoms with Gasteiger partial charge in [-0.15, -0.1) is 0 Å². The third kappa shape index (κ3) is 2.95. The Kier molecular flexibility index (Phi) is 4.84. The number of carbonyl (C=O) groups excluding carboxylic acids is 2. The van der Waals surface area contributed by atoms with Crippen molar-refractivity contribution >= 4 is 11.6 Å². The molecule has 0 fully saturated rings. The topological polar surface area (TPSA) is 34.1 Å². The molecular formula is C32H26O2. The monoisotopic (exact) mass is 442 g/mol. The Labute approximate surface area is 200 Å². The molecule has 0 heterocycles. The van der Waals surface area contributed by atoms with E-state index in [-0.39, 0.29) is 23.4 Å². The maximum Gasteiger partial charge on any atom is 0.193 e. The number of rotatable bonds is 3. The average Bonchev–Trinajstić information content (AvgIpc) is 2.90. The summed E-state index contributed by atoms with van der Waals surface area (Å²) in [6.45, 7) is 4.23. The molecule has 2 unspecified atom stereocenters. The summed E-state index contributed by atoms with van der Waals surface area (Å²) in [5.74, 6) is 0.100. The quantitative estimate of drug-likeness (QED) is 0.347. The standard InChI is InChI=1S/C32H26O2/c1-3-19-13-15-23-27(17-19)31(33)25-11-7-5-9-21(25)29(23)30-22-10-6-8-12-26(22)32(34)28-18-20(4-2)14-16-24(28)30/h5-18,29-30H,3-4H2,1-2H3. The lowest BCUT2D eigenvalue weighted by atomic mass is 9.64. The lowest BCUT2D eigenvalue weighted by molar-refractivity contribution is 0.102. The van der Waals surface area contributed by atoms with Crippen LogP contribution in [-0.4, -0.2) is 11.6 Å². The van der Waals surface area contributed by atoms with Gasteiger partial charge in [0.15, 0.2) is 11.6 Å². The van der Waals surface area contributed by atoms with Crippen LogP contribution in [0.4, 0.5) is 0 Å². The van der Waals surface area contributed by atoms with Crippen LogP contribution in [0.5, 0.6) is 0 Å². The van der Waals surface area contributed by atoms with E-state index in [1.165, 1.54) is 0 Å². The van der Waals surface area contributed by atoms with Gasteiger partial charge in [0.05, 0.1) is 0 Å². The Morgan fingerprint density at radius 2 is 0.882 bits per heavy atom. The minimum absolute atomic E-state index is 0.0460. The van der Waals surface area contributed by atoms with E-state index in [0.29, 0.717) is 0 Å². The Balaban J connectivity index is 1.67. The highest BCUT2D eigenvalue weighted by Gasteiger charge is 2.41. The zero-order chi connectivity index (χ0) is 23.4. The fourth-order valence-corrected chi connectivity index (χ4v) is 5.88. The Bertz CT molecular complexity index is 1360. The van der Waals surface area contributed by atoms with Gasteiger partial charge in [-0.3, -0.25) is 9.59 Å². The normalized spacial score (nSPS) is 18.1. The van der Waals surface area contributed by atoms with Crippen LogP contribution in [0, 0.1) is 0 Å². The first-order chi connectivity index (χ1) is 16.6. The summed E-state index contributed by atoms with van der Waals surface area (Å²) in [6, 6.07) is 28.7. The number of hydrogen-bond donors (Lipinski definition) is 0. The molecule has 0 saturated carbocycles. The average molecular weight is 443 g/mol. The van der Waals surface area contributed by atoms with Gasteiger partial charge in [0.25, 0.3) is 0 Å². The van der Waals surface area contributed by atoms with Crippen LogP contribution in [0.3, 0.4) is 0 Å². The second kappa shape index (κ2) is 7.92. The summed E-state index contributed by atoms with van der Waals surface area (Å²) in [7, 11) is 0. The minimum Gasteiger partial charge on any atom is -0.289 e. The van der Waals surface area contributed by atoms with Crippen molar-refractivity contribution in [2.75, 3.05) is 0 Å². The third-order valence-electron chi connectivity index (χ3n) is 7.63. The molecule has 0 aliphatic heterocycles. The van der Waals surface area contributed by atoms with E-state index in [1.807, 2.05) is 36.4 Å². The molecule has 166 valence electrons. The highest BCUT2D eigenvalue weighted by molar-refractivity contribution is 6.14. The molecule has 0 bridgehead atoms. The highest BCUT2D eigenvalue weighted by atomic mass is 16.1. The molecule has 2 atom stereocenters. The van der Waals surface area contributed by atoms with Crippen LogP contribution in [0.15, 0.2) is 84.9 Å². The van der Waals surface area contributed by atoms with Crippen LogP contribution >= 0.6 is 0 Å². The zero-order valence-electron chi connectivity index (χ0n) is 19.5. The van der Waals surface area contributed by atoms with E-state index >= 15 is 0 Å². The minimum atomic E-state index is -0.0460. The number of hydrogen-bond acceptors (Lipinski definition) is 2. The molecule has 0 aromatic heterocycles. The van der Waals surface area contributed by atoms with E-state index in [0.717, 1.165) is 68.5 Å². The second-order valence-corrected chi connectivity index (χ2v) is 9.34. The predicted molar refractivity (Wildman–Crippen MR) is 135 cm³/mol. The van der Waals surface area contributed by atoms with Gasteiger partial charge in [-0.05, 0) is 58.4 Å². The van der Waals surface area contributed by atoms with Crippen LogP contribution in [0.25, 0.3) is 0 Å². The Morgan fingerprint density at radius 1 is 0.500 bits per heavy atom. The molecule has 2 heteroatoms. The summed E-state index contributed by atoms with van der Waals surface area (Å²) in [6.07, 6.45) is 1.77. The van der Waals surface area contributed by atoms with Gasteiger partial charge < -0.3 is 0 Å². The zero-order valence-corrected chi connectivity index (χ0v) is 19.5. The van der Waals surface area contributed by atoms with Crippen molar-refractivity contribution in [2.45, 2.75) is 38.5 Å². The van der Waals surface area contributed by atoms with Gasteiger partial charge in [-0.1, -0.05) is 86.6 Å². The van der Waals surface area contributed by atoms with Crippen molar-refractivity contribution in [3.05, 3.63) is 141 Å². The van der Waals surface area contributed by atoms with E-state index in [4.69, 9.17) is 0 Å². The molecule has 2 nitrogen and oxygen atoms in total. The predicted octanol–water partition coefficient (Wildman–Crippen LogP) is 6.86. The second-order valence-electron chi connectivity index (χ2n) is 9.34. The Hall–Kier alpha value is -3.78. The van der Waals surface area contributed by atoms with E-state index < -0.39 is 0 Å². The van der Waals surface area contributed by atoms with Crippen LogP contribution in [0.2, 0.25) is 0 Å². The summed E-state index contributed by atoms with van der Waals surface area (Å²) < 4.78 is 0. The number of carbonyl (C=O) groups is 2. The van der Waals surface area contributed by atoms with Gasteiger partial charge >= 0.3 is 0 Å². The Morgan fingerprint density at radius 3 is 1.29 bits per heavy atom. The first-order valence-electron chi connectivity index (χ1n) is 12.1. The van der Waals surface area contributed by atoms with Crippen molar-refractivity contribution < 1.29 is 9.59 Å². The molecule has 2 aliphatic carbocycles. The first-order valence-corrected chi connectivity index (χ1v) is 12.1. The third-order valence-corrected chi connectivity index (χ3v) is 7.63. The molecule has 0 amide bonds. The smallest absolute Gasteiger partial charge is 0.193 e. The number of aryl methyl sites for hydroxylation is 2. The SMILES string of the molecule is CCc1ccc2c(c1)C(=O)c1ccccc1C2C1c2ccccc2C(=O)c2cc(CC)ccc21. The maximum absolute atomic E-state index is 13.6. The van der Waals surface area contributed by atoms with E-state index in [9.17, 15) is 9.59 Å². The van der Waals surface area contributed by atoms with Crippen molar-refractivity contribution in [1.29, 1.82) is 0 Å². The highest BCUT2D eigenvalue weighted by Crippen LogP contribution is 2.51. The fourth-order valence-electron chi connectivity index (χ4n) is 5.88. The molecule has 0 saturated heterocycles. The number of ketones is 2. The summed E-state index contributed by atoms with van der Waals surface area (Å²) in [5, 5.41) is 0.